The highest BCUT2D eigenvalue weighted by molar-refractivity contribution is 7.84. The Kier molecular flexibility index (Phi) is 1.66. The minimum absolute atomic E-state index is 0.310. The number of quaternary nitrogens is 1. The molecule has 1 saturated heterocycles. The van der Waals surface area contributed by atoms with Crippen molar-refractivity contribution in [2.24, 2.45) is 0 Å². The lowest BCUT2D eigenvalue weighted by atomic mass is 10.0. The fourth-order valence-corrected chi connectivity index (χ4v) is 1.88. The van der Waals surface area contributed by atoms with E-state index in [1.165, 1.54) is 6.92 Å². The molecule has 1 fully saturated rings. The van der Waals surface area contributed by atoms with Gasteiger partial charge in [0.1, 0.15) is 6.04 Å². The van der Waals surface area contributed by atoms with E-state index in [1.807, 2.05) is 0 Å². The van der Waals surface area contributed by atoms with Crippen LogP contribution in [-0.4, -0.2) is 35.3 Å². The van der Waals surface area contributed by atoms with Gasteiger partial charge in [0.15, 0.2) is 16.3 Å². The van der Waals surface area contributed by atoms with Crippen molar-refractivity contribution in [1.29, 1.82) is 0 Å². The molecule has 1 heterocycles. The van der Waals surface area contributed by atoms with Crippen LogP contribution in [0.3, 0.4) is 0 Å². The lowest BCUT2D eigenvalue weighted by molar-refractivity contribution is -0.427. The monoisotopic (exact) mass is 180 g/mol. The molecule has 64 valence electrons. The molecule has 0 unspecified atom stereocenters. The Bertz CT molecular complexity index is 284. The van der Waals surface area contributed by atoms with Gasteiger partial charge in [-0.15, -0.1) is 0 Å². The molecule has 2 atom stereocenters. The fourth-order valence-electron chi connectivity index (χ4n) is 0.966. The van der Waals surface area contributed by atoms with Crippen LogP contribution in [0.1, 0.15) is 6.92 Å². The lowest BCUT2D eigenvalue weighted by Gasteiger charge is -2.40. The first-order valence-corrected chi connectivity index (χ1v) is 4.34. The minimum Gasteiger partial charge on any atom is -0.731 e. The molecule has 11 heavy (non-hydrogen) atoms. The second-order valence-corrected chi connectivity index (χ2v) is 3.69. The number of carbonyl (C=O) groups excluding carboxylic acids is 1. The Morgan fingerprint density at radius 3 is 2.27 bits per heavy atom. The van der Waals surface area contributed by atoms with E-state index in [4.69, 9.17) is 0 Å². The molecule has 3 N–H and O–H groups in total. The zero-order chi connectivity index (χ0) is 8.81. The fraction of sp³-hybridized carbons (Fsp3) is 0.750. The molecule has 0 aromatic heterocycles. The number of nitrogens with zero attached hydrogens (tertiary/aromatic N) is 1. The predicted molar refractivity (Wildman–Crippen MR) is 32.7 cm³/mol. The molecular weight excluding hydrogens is 172 g/mol. The number of rotatable bonds is 1. The molecule has 1 amide bonds. The van der Waals surface area contributed by atoms with Crippen molar-refractivity contribution in [1.82, 2.24) is 4.31 Å². The lowest BCUT2D eigenvalue weighted by Crippen LogP contribution is -2.83. The summed E-state index contributed by atoms with van der Waals surface area (Å²) in [5, 5.41) is 0. The summed E-state index contributed by atoms with van der Waals surface area (Å²) in [5.74, 6) is -0.715. The highest BCUT2D eigenvalue weighted by atomic mass is 32.2. The number of β-lactam (4-membered cyclic amide) rings is 1. The molecule has 0 radical (unpaired) electrons. The average Bonchev–Trinajstić information content (AvgIpc) is 1.85. The van der Waals surface area contributed by atoms with Gasteiger partial charge in [-0.2, -0.15) is 0 Å². The van der Waals surface area contributed by atoms with Crippen LogP contribution in [0.25, 0.3) is 0 Å². The van der Waals surface area contributed by atoms with E-state index in [1.54, 1.807) is 0 Å². The molecule has 7 heteroatoms. The van der Waals surface area contributed by atoms with Crippen molar-refractivity contribution >= 4 is 16.2 Å². The number of hydrogen-bond acceptors (Lipinski definition) is 4. The van der Waals surface area contributed by atoms with Crippen LogP contribution in [-0.2, 0) is 15.1 Å². The molecular formula is C4H8N2O4S. The summed E-state index contributed by atoms with van der Waals surface area (Å²) in [6, 6.07) is -1.19. The SMILES string of the molecule is C[C@@H]1[C@H]([NH3+])C(=O)N1S(=O)(=O)[O-]. The van der Waals surface area contributed by atoms with E-state index < -0.39 is 28.3 Å². The quantitative estimate of drug-likeness (QED) is 0.349. The Labute approximate surface area is 63.9 Å². The summed E-state index contributed by atoms with van der Waals surface area (Å²) in [4.78, 5) is 10.7. The summed E-state index contributed by atoms with van der Waals surface area (Å²) in [6.07, 6.45) is 0. The van der Waals surface area contributed by atoms with E-state index in [0.717, 1.165) is 0 Å². The smallest absolute Gasteiger partial charge is 0.296 e. The van der Waals surface area contributed by atoms with Crippen LogP contribution in [0.15, 0.2) is 0 Å². The molecule has 0 aromatic carbocycles. The molecule has 0 aliphatic carbocycles. The van der Waals surface area contributed by atoms with E-state index in [0.29, 0.717) is 4.31 Å². The van der Waals surface area contributed by atoms with Crippen LogP contribution in [0, 0.1) is 0 Å². The van der Waals surface area contributed by atoms with Crippen molar-refractivity contribution in [3.05, 3.63) is 0 Å². The van der Waals surface area contributed by atoms with Gasteiger partial charge < -0.3 is 10.3 Å². The maximum Gasteiger partial charge on any atom is 0.296 e. The summed E-state index contributed by atoms with van der Waals surface area (Å²) < 4.78 is 31.2. The van der Waals surface area contributed by atoms with Gasteiger partial charge in [0.05, 0.1) is 0 Å². The molecule has 1 rings (SSSR count). The number of amides is 1. The first kappa shape index (κ1) is 8.44. The second-order valence-electron chi connectivity index (χ2n) is 2.44. The summed E-state index contributed by atoms with van der Waals surface area (Å²) in [5.41, 5.74) is 3.38. The highest BCUT2D eigenvalue weighted by Crippen LogP contribution is 2.19. The third kappa shape index (κ3) is 1.10. The predicted octanol–water partition coefficient (Wildman–Crippen LogP) is -2.71. The molecule has 6 nitrogen and oxygen atoms in total. The van der Waals surface area contributed by atoms with Crippen LogP contribution in [0.5, 0.6) is 0 Å². The maximum absolute atomic E-state index is 10.7. The van der Waals surface area contributed by atoms with Gasteiger partial charge in [0, 0.05) is 0 Å². The second kappa shape index (κ2) is 2.16. The minimum atomic E-state index is -4.60. The average molecular weight is 180 g/mol. The van der Waals surface area contributed by atoms with Crippen molar-refractivity contribution in [3.8, 4) is 0 Å². The van der Waals surface area contributed by atoms with Gasteiger partial charge in [-0.1, -0.05) is 0 Å². The summed E-state index contributed by atoms with van der Waals surface area (Å²) in [7, 11) is -4.60. The molecule has 1 aliphatic rings. The van der Waals surface area contributed by atoms with Crippen LogP contribution in [0.2, 0.25) is 0 Å². The van der Waals surface area contributed by atoms with Gasteiger partial charge >= 0.3 is 0 Å². The first-order chi connectivity index (χ1) is 4.85. The number of carbonyl (C=O) groups is 1. The largest absolute Gasteiger partial charge is 0.731 e. The van der Waals surface area contributed by atoms with Gasteiger partial charge in [-0.3, -0.25) is 4.79 Å². The Morgan fingerprint density at radius 1 is 1.64 bits per heavy atom. The first-order valence-electron chi connectivity index (χ1n) is 2.98. The van der Waals surface area contributed by atoms with Crippen LogP contribution in [0.4, 0.5) is 0 Å². The topological polar surface area (TPSA) is 105 Å². The highest BCUT2D eigenvalue weighted by Gasteiger charge is 2.48. The van der Waals surface area contributed by atoms with Crippen molar-refractivity contribution in [3.63, 3.8) is 0 Å². The Balaban J connectivity index is 2.88. The summed E-state index contributed by atoms with van der Waals surface area (Å²) >= 11 is 0. The van der Waals surface area contributed by atoms with Gasteiger partial charge in [0.25, 0.3) is 5.91 Å². The van der Waals surface area contributed by atoms with Gasteiger partial charge in [0.2, 0.25) is 0 Å². The van der Waals surface area contributed by atoms with E-state index in [-0.39, 0.29) is 0 Å². The van der Waals surface area contributed by atoms with Gasteiger partial charge in [-0.05, 0) is 6.92 Å². The molecule has 0 spiro atoms. The third-order valence-corrected chi connectivity index (χ3v) is 2.72. The number of hydrogen-bond donors (Lipinski definition) is 1. The van der Waals surface area contributed by atoms with Crippen molar-refractivity contribution < 1.29 is 23.5 Å². The molecule has 1 aliphatic heterocycles. The zero-order valence-corrected chi connectivity index (χ0v) is 6.67. The van der Waals surface area contributed by atoms with Crippen LogP contribution < -0.4 is 5.73 Å². The van der Waals surface area contributed by atoms with Crippen molar-refractivity contribution in [2.75, 3.05) is 0 Å². The van der Waals surface area contributed by atoms with Crippen LogP contribution >= 0.6 is 0 Å². The molecule has 0 bridgehead atoms. The zero-order valence-electron chi connectivity index (χ0n) is 5.85. The standard InChI is InChI=1S/C4H8N2O4S/c1-2-3(5)4(7)6(2)11(8,9)10/h2-3H,5H2,1H3,(H,8,9,10)/t2-,3+/m1/s1. The molecule has 0 saturated carbocycles. The summed E-state index contributed by atoms with van der Waals surface area (Å²) in [6.45, 7) is 1.47. The Hall–Kier alpha value is -0.660. The van der Waals surface area contributed by atoms with Crippen molar-refractivity contribution in [2.45, 2.75) is 19.0 Å². The Morgan fingerprint density at radius 2 is 2.09 bits per heavy atom. The normalized spacial score (nSPS) is 31.9. The van der Waals surface area contributed by atoms with E-state index in [9.17, 15) is 17.8 Å². The van der Waals surface area contributed by atoms with E-state index >= 15 is 0 Å². The van der Waals surface area contributed by atoms with E-state index in [2.05, 4.69) is 5.73 Å². The third-order valence-electron chi connectivity index (χ3n) is 1.73. The van der Waals surface area contributed by atoms with Gasteiger partial charge in [-0.25, -0.2) is 12.7 Å². The molecule has 0 aromatic rings. The maximum atomic E-state index is 10.7.